The van der Waals surface area contributed by atoms with Crippen LogP contribution in [0.15, 0.2) is 66.9 Å². The number of likely N-dealkylation sites (N-methyl/N-ethyl adjacent to an activating group) is 1. The van der Waals surface area contributed by atoms with Gasteiger partial charge in [-0.15, -0.1) is 13.2 Å². The molecule has 1 amide bonds. The fourth-order valence-corrected chi connectivity index (χ4v) is 5.34. The Labute approximate surface area is 243 Å². The molecule has 0 unspecified atom stereocenters. The van der Waals surface area contributed by atoms with Crippen molar-refractivity contribution in [1.29, 1.82) is 0 Å². The highest BCUT2D eigenvalue weighted by Gasteiger charge is 2.31. The predicted octanol–water partition coefficient (Wildman–Crippen LogP) is 5.33. The van der Waals surface area contributed by atoms with Gasteiger partial charge in [-0.05, 0) is 75.0 Å². The van der Waals surface area contributed by atoms with Gasteiger partial charge < -0.3 is 24.4 Å². The number of aromatic nitrogens is 3. The molecule has 2 atom stereocenters. The lowest BCUT2D eigenvalue weighted by atomic mass is 10.1. The molecule has 8 nitrogen and oxygen atoms in total. The standard InChI is InChI=1S/C31H35F3N6O2/c1-21(23-8-10-24(11-9-23)39-18-16-25(20-39)38(2)3)36-29(41)15-14-28-37-27-5-4-17-35-30(27)40(28)19-22-6-12-26(13-7-22)42-31(32,33)34/h4-13,17,21,25H,14-16,18-20H2,1-3H3,(H,36,41)/t21-,25+/m0/s1. The Hall–Kier alpha value is -4.12. The number of aryl methyl sites for hydroxylation is 1. The van der Waals surface area contributed by atoms with E-state index in [4.69, 9.17) is 0 Å². The van der Waals surface area contributed by atoms with E-state index in [0.717, 1.165) is 30.6 Å². The Morgan fingerprint density at radius 2 is 1.86 bits per heavy atom. The fraction of sp³-hybridized carbons (Fsp3) is 0.387. The molecule has 3 heterocycles. The summed E-state index contributed by atoms with van der Waals surface area (Å²) in [5.41, 5.74) is 4.31. The van der Waals surface area contributed by atoms with Crippen LogP contribution in [0.2, 0.25) is 0 Å². The number of nitrogens with zero attached hydrogens (tertiary/aromatic N) is 5. The van der Waals surface area contributed by atoms with Crippen LogP contribution in [-0.2, 0) is 17.8 Å². The minimum Gasteiger partial charge on any atom is -0.406 e. The maximum atomic E-state index is 12.9. The minimum absolute atomic E-state index is 0.0971. The first kappa shape index (κ1) is 29.4. The van der Waals surface area contributed by atoms with Gasteiger partial charge in [0.25, 0.3) is 0 Å². The summed E-state index contributed by atoms with van der Waals surface area (Å²) < 4.78 is 43.5. The second-order valence-corrected chi connectivity index (χ2v) is 10.9. The number of pyridine rings is 1. The summed E-state index contributed by atoms with van der Waals surface area (Å²) in [5.74, 6) is 0.294. The van der Waals surface area contributed by atoms with Crippen LogP contribution in [0.4, 0.5) is 18.9 Å². The lowest BCUT2D eigenvalue weighted by Gasteiger charge is -2.22. The number of anilines is 1. The molecule has 0 saturated carbocycles. The largest absolute Gasteiger partial charge is 0.573 e. The number of halogens is 3. The minimum atomic E-state index is -4.75. The van der Waals surface area contributed by atoms with E-state index in [1.54, 1.807) is 24.4 Å². The number of amides is 1. The first-order valence-electron chi connectivity index (χ1n) is 14.0. The van der Waals surface area contributed by atoms with E-state index in [1.165, 1.54) is 17.8 Å². The molecule has 11 heteroatoms. The molecule has 2 aromatic carbocycles. The molecule has 4 aromatic rings. The smallest absolute Gasteiger partial charge is 0.406 e. The number of ether oxygens (including phenoxy) is 1. The molecule has 1 aliphatic rings. The molecule has 222 valence electrons. The van der Waals surface area contributed by atoms with Crippen molar-refractivity contribution in [3.8, 4) is 5.75 Å². The van der Waals surface area contributed by atoms with E-state index in [0.29, 0.717) is 36.0 Å². The van der Waals surface area contributed by atoms with Crippen molar-refractivity contribution in [1.82, 2.24) is 24.8 Å². The van der Waals surface area contributed by atoms with Crippen LogP contribution in [-0.4, -0.2) is 64.9 Å². The number of imidazole rings is 1. The first-order valence-corrected chi connectivity index (χ1v) is 14.0. The second kappa shape index (κ2) is 12.4. The molecular formula is C31H35F3N6O2. The number of carbonyl (C=O) groups is 1. The average Bonchev–Trinajstić information content (AvgIpc) is 3.58. The lowest BCUT2D eigenvalue weighted by Crippen LogP contribution is -2.31. The Morgan fingerprint density at radius 3 is 2.52 bits per heavy atom. The van der Waals surface area contributed by atoms with Crippen LogP contribution in [0.25, 0.3) is 11.2 Å². The molecule has 1 N–H and O–H groups in total. The van der Waals surface area contributed by atoms with Crippen molar-refractivity contribution in [2.45, 2.75) is 51.2 Å². The molecule has 0 bridgehead atoms. The van der Waals surface area contributed by atoms with Crippen LogP contribution in [0, 0.1) is 0 Å². The third-order valence-corrected chi connectivity index (χ3v) is 7.69. The fourth-order valence-electron chi connectivity index (χ4n) is 5.34. The first-order chi connectivity index (χ1) is 20.1. The average molecular weight is 581 g/mol. The quantitative estimate of drug-likeness (QED) is 0.274. The van der Waals surface area contributed by atoms with E-state index in [9.17, 15) is 18.0 Å². The highest BCUT2D eigenvalue weighted by molar-refractivity contribution is 5.77. The Kier molecular flexibility index (Phi) is 8.67. The third-order valence-electron chi connectivity index (χ3n) is 7.69. The summed E-state index contributed by atoms with van der Waals surface area (Å²) >= 11 is 0. The zero-order valence-corrected chi connectivity index (χ0v) is 23.9. The summed E-state index contributed by atoms with van der Waals surface area (Å²) in [4.78, 5) is 26.7. The number of alkyl halides is 3. The van der Waals surface area contributed by atoms with Gasteiger partial charge in [0.1, 0.15) is 17.1 Å². The second-order valence-electron chi connectivity index (χ2n) is 10.9. The number of hydrogen-bond donors (Lipinski definition) is 1. The van der Waals surface area contributed by atoms with E-state index >= 15 is 0 Å². The Bertz CT molecular complexity index is 1500. The maximum absolute atomic E-state index is 12.9. The summed E-state index contributed by atoms with van der Waals surface area (Å²) in [6.07, 6.45) is -1.33. The zero-order chi connectivity index (χ0) is 29.9. The van der Waals surface area contributed by atoms with Gasteiger partial charge in [0.05, 0.1) is 12.6 Å². The molecule has 2 aromatic heterocycles. The predicted molar refractivity (Wildman–Crippen MR) is 155 cm³/mol. The van der Waals surface area contributed by atoms with Crippen LogP contribution in [0.1, 0.15) is 42.8 Å². The van der Waals surface area contributed by atoms with Crippen molar-refractivity contribution in [3.63, 3.8) is 0 Å². The van der Waals surface area contributed by atoms with Gasteiger partial charge in [0.15, 0.2) is 5.65 Å². The SMILES string of the molecule is C[C@H](NC(=O)CCc1nc2cccnc2n1Cc1ccc(OC(F)(F)F)cc1)c1ccc(N2CC[C@@H](N(C)C)C2)cc1. The van der Waals surface area contributed by atoms with Gasteiger partial charge in [-0.25, -0.2) is 9.97 Å². The molecule has 42 heavy (non-hydrogen) atoms. The summed E-state index contributed by atoms with van der Waals surface area (Å²) in [7, 11) is 4.24. The molecule has 0 radical (unpaired) electrons. The van der Waals surface area contributed by atoms with Crippen molar-refractivity contribution in [3.05, 3.63) is 83.8 Å². The van der Waals surface area contributed by atoms with Crippen LogP contribution < -0.4 is 15.0 Å². The highest BCUT2D eigenvalue weighted by Crippen LogP contribution is 2.26. The summed E-state index contributed by atoms with van der Waals surface area (Å²) in [5, 5.41) is 3.09. The van der Waals surface area contributed by atoms with E-state index in [-0.39, 0.29) is 24.1 Å². The highest BCUT2D eigenvalue weighted by atomic mass is 19.4. The van der Waals surface area contributed by atoms with Gasteiger partial charge >= 0.3 is 6.36 Å². The monoisotopic (exact) mass is 580 g/mol. The molecule has 0 aliphatic carbocycles. The Morgan fingerprint density at radius 1 is 1.12 bits per heavy atom. The molecular weight excluding hydrogens is 545 g/mol. The van der Waals surface area contributed by atoms with Gasteiger partial charge in [-0.2, -0.15) is 0 Å². The van der Waals surface area contributed by atoms with E-state index in [2.05, 4.69) is 68.2 Å². The van der Waals surface area contributed by atoms with Crippen LogP contribution in [0.3, 0.4) is 0 Å². The van der Waals surface area contributed by atoms with Crippen molar-refractivity contribution >= 4 is 22.8 Å². The van der Waals surface area contributed by atoms with Crippen LogP contribution in [0.5, 0.6) is 5.75 Å². The number of nitrogens with one attached hydrogen (secondary N) is 1. The third kappa shape index (κ3) is 7.20. The zero-order valence-electron chi connectivity index (χ0n) is 23.9. The van der Waals surface area contributed by atoms with Crippen LogP contribution >= 0.6 is 0 Å². The topological polar surface area (TPSA) is 75.5 Å². The van der Waals surface area contributed by atoms with Gasteiger partial charge in [0, 0.05) is 43.9 Å². The summed E-state index contributed by atoms with van der Waals surface area (Å²) in [6, 6.07) is 18.1. The number of benzene rings is 2. The molecule has 1 aliphatic heterocycles. The number of carbonyl (C=O) groups excluding carboxylic acids is 1. The Balaban J connectivity index is 1.20. The molecule has 1 saturated heterocycles. The van der Waals surface area contributed by atoms with Gasteiger partial charge in [0.2, 0.25) is 5.91 Å². The summed E-state index contributed by atoms with van der Waals surface area (Å²) in [6.45, 7) is 4.35. The van der Waals surface area contributed by atoms with Crippen molar-refractivity contribution < 1.29 is 22.7 Å². The van der Waals surface area contributed by atoms with Gasteiger partial charge in [-0.3, -0.25) is 4.79 Å². The molecule has 1 fully saturated rings. The normalized spacial score (nSPS) is 16.3. The van der Waals surface area contributed by atoms with Crippen molar-refractivity contribution in [2.75, 3.05) is 32.1 Å². The van der Waals surface area contributed by atoms with Crippen molar-refractivity contribution in [2.24, 2.45) is 0 Å². The molecule has 0 spiro atoms. The number of rotatable bonds is 10. The number of fused-ring (bicyclic) bond motifs is 1. The number of hydrogen-bond acceptors (Lipinski definition) is 6. The maximum Gasteiger partial charge on any atom is 0.573 e. The van der Waals surface area contributed by atoms with E-state index in [1.807, 2.05) is 17.6 Å². The van der Waals surface area contributed by atoms with Gasteiger partial charge in [-0.1, -0.05) is 24.3 Å². The lowest BCUT2D eigenvalue weighted by molar-refractivity contribution is -0.274. The van der Waals surface area contributed by atoms with E-state index < -0.39 is 6.36 Å². The molecule has 5 rings (SSSR count).